The van der Waals surface area contributed by atoms with Gasteiger partial charge in [0.15, 0.2) is 0 Å². The molecule has 0 radical (unpaired) electrons. The van der Waals surface area contributed by atoms with Crippen molar-refractivity contribution in [1.29, 1.82) is 0 Å². The van der Waals surface area contributed by atoms with E-state index < -0.39 is 0 Å². The minimum atomic E-state index is -0.341. The summed E-state index contributed by atoms with van der Waals surface area (Å²) in [4.78, 5) is 11.9. The molecule has 0 heterocycles. The zero-order valence-electron chi connectivity index (χ0n) is 10.1. The SMILES string of the molecule is COC1(CC(=O)Nc2ccc(F)cc2Br)CCC1. The van der Waals surface area contributed by atoms with Gasteiger partial charge in [-0.3, -0.25) is 4.79 Å². The van der Waals surface area contributed by atoms with Crippen LogP contribution in [-0.2, 0) is 9.53 Å². The van der Waals surface area contributed by atoms with Crippen molar-refractivity contribution in [2.45, 2.75) is 31.3 Å². The molecule has 98 valence electrons. The monoisotopic (exact) mass is 315 g/mol. The zero-order chi connectivity index (χ0) is 13.2. The average molecular weight is 316 g/mol. The van der Waals surface area contributed by atoms with Crippen LogP contribution in [0, 0.1) is 5.82 Å². The highest BCUT2D eigenvalue weighted by molar-refractivity contribution is 9.10. The maximum Gasteiger partial charge on any atom is 0.227 e. The summed E-state index contributed by atoms with van der Waals surface area (Å²) in [6.45, 7) is 0. The second-order valence-electron chi connectivity index (χ2n) is 4.59. The number of hydrogen-bond donors (Lipinski definition) is 1. The van der Waals surface area contributed by atoms with E-state index in [0.717, 1.165) is 19.3 Å². The van der Waals surface area contributed by atoms with E-state index in [1.807, 2.05) is 0 Å². The van der Waals surface area contributed by atoms with Gasteiger partial charge in [-0.2, -0.15) is 0 Å². The first-order chi connectivity index (χ1) is 8.54. The number of amides is 1. The molecule has 1 aliphatic carbocycles. The largest absolute Gasteiger partial charge is 0.378 e. The summed E-state index contributed by atoms with van der Waals surface area (Å²) < 4.78 is 18.8. The first-order valence-corrected chi connectivity index (χ1v) is 6.64. The maximum absolute atomic E-state index is 12.9. The first kappa shape index (κ1) is 13.5. The molecule has 1 amide bonds. The highest BCUT2D eigenvalue weighted by Gasteiger charge is 2.39. The van der Waals surface area contributed by atoms with Crippen LogP contribution >= 0.6 is 15.9 Å². The number of anilines is 1. The molecule has 0 bridgehead atoms. The number of carbonyl (C=O) groups is 1. The van der Waals surface area contributed by atoms with Gasteiger partial charge in [0.05, 0.1) is 17.7 Å². The number of carbonyl (C=O) groups excluding carboxylic acids is 1. The van der Waals surface area contributed by atoms with E-state index in [2.05, 4.69) is 21.2 Å². The topological polar surface area (TPSA) is 38.3 Å². The summed E-state index contributed by atoms with van der Waals surface area (Å²) in [5, 5.41) is 2.76. The lowest BCUT2D eigenvalue weighted by molar-refractivity contribution is -0.129. The number of rotatable bonds is 4. The molecule has 18 heavy (non-hydrogen) atoms. The Balaban J connectivity index is 1.98. The standard InChI is InChI=1S/C13H15BrFNO2/c1-18-13(5-2-6-13)8-12(17)16-11-4-3-9(15)7-10(11)14/h3-4,7H,2,5-6,8H2,1H3,(H,16,17). The third-order valence-corrected chi connectivity index (χ3v) is 4.04. The lowest BCUT2D eigenvalue weighted by Gasteiger charge is -2.39. The number of methoxy groups -OCH3 is 1. The summed E-state index contributed by atoms with van der Waals surface area (Å²) in [5.74, 6) is -0.448. The molecule has 0 aliphatic heterocycles. The number of ether oxygens (including phenoxy) is 1. The van der Waals surface area contributed by atoms with E-state index in [0.29, 0.717) is 16.6 Å². The molecule has 0 saturated heterocycles. The van der Waals surface area contributed by atoms with Crippen molar-refractivity contribution in [1.82, 2.24) is 0 Å². The predicted molar refractivity (Wildman–Crippen MR) is 70.9 cm³/mol. The highest BCUT2D eigenvalue weighted by atomic mass is 79.9. The van der Waals surface area contributed by atoms with Gasteiger partial charge in [0.1, 0.15) is 5.82 Å². The molecule has 0 atom stereocenters. The van der Waals surface area contributed by atoms with Crippen molar-refractivity contribution in [3.05, 3.63) is 28.5 Å². The lowest BCUT2D eigenvalue weighted by atomic mass is 9.77. The minimum Gasteiger partial charge on any atom is -0.378 e. The molecular weight excluding hydrogens is 301 g/mol. The van der Waals surface area contributed by atoms with Gasteiger partial charge in [-0.1, -0.05) is 0 Å². The van der Waals surface area contributed by atoms with Gasteiger partial charge in [-0.25, -0.2) is 4.39 Å². The third kappa shape index (κ3) is 2.90. The van der Waals surface area contributed by atoms with Gasteiger partial charge in [0.2, 0.25) is 5.91 Å². The summed E-state index contributed by atoms with van der Waals surface area (Å²) in [7, 11) is 1.64. The Labute approximate surface area is 114 Å². The van der Waals surface area contributed by atoms with E-state index >= 15 is 0 Å². The number of benzene rings is 1. The summed E-state index contributed by atoms with van der Waals surface area (Å²) in [6.07, 6.45) is 3.28. The minimum absolute atomic E-state index is 0.108. The Morgan fingerprint density at radius 1 is 1.56 bits per heavy atom. The van der Waals surface area contributed by atoms with Gasteiger partial charge in [0, 0.05) is 11.6 Å². The van der Waals surface area contributed by atoms with Crippen molar-refractivity contribution >= 4 is 27.5 Å². The Morgan fingerprint density at radius 3 is 2.78 bits per heavy atom. The van der Waals surface area contributed by atoms with Crippen molar-refractivity contribution < 1.29 is 13.9 Å². The Kier molecular flexibility index (Phi) is 4.02. The van der Waals surface area contributed by atoms with Crippen molar-refractivity contribution in [3.63, 3.8) is 0 Å². The predicted octanol–water partition coefficient (Wildman–Crippen LogP) is 3.49. The van der Waals surface area contributed by atoms with Gasteiger partial charge in [-0.15, -0.1) is 0 Å². The molecule has 0 spiro atoms. The van der Waals surface area contributed by atoms with Crippen LogP contribution in [0.3, 0.4) is 0 Å². The Morgan fingerprint density at radius 2 is 2.28 bits per heavy atom. The van der Waals surface area contributed by atoms with Crippen LogP contribution in [0.2, 0.25) is 0 Å². The quantitative estimate of drug-likeness (QED) is 0.923. The molecule has 3 nitrogen and oxygen atoms in total. The molecule has 2 rings (SSSR count). The van der Waals surface area contributed by atoms with Crippen LogP contribution in [0.15, 0.2) is 22.7 Å². The number of hydrogen-bond acceptors (Lipinski definition) is 2. The van der Waals surface area contributed by atoms with Crippen LogP contribution in [0.25, 0.3) is 0 Å². The van der Waals surface area contributed by atoms with Crippen LogP contribution in [0.1, 0.15) is 25.7 Å². The first-order valence-electron chi connectivity index (χ1n) is 5.85. The van der Waals surface area contributed by atoms with E-state index in [1.54, 1.807) is 7.11 Å². The fourth-order valence-corrected chi connectivity index (χ4v) is 2.55. The summed E-state index contributed by atoms with van der Waals surface area (Å²) in [5.41, 5.74) is 0.281. The van der Waals surface area contributed by atoms with Crippen LogP contribution in [-0.4, -0.2) is 18.6 Å². The number of nitrogens with one attached hydrogen (secondary N) is 1. The summed E-state index contributed by atoms with van der Waals surface area (Å²) >= 11 is 3.22. The second-order valence-corrected chi connectivity index (χ2v) is 5.44. The van der Waals surface area contributed by atoms with Crippen molar-refractivity contribution in [2.75, 3.05) is 12.4 Å². The Bertz CT molecular complexity index is 455. The average Bonchev–Trinajstić information content (AvgIpc) is 2.27. The second kappa shape index (κ2) is 5.36. The van der Waals surface area contributed by atoms with Crippen molar-refractivity contribution in [2.24, 2.45) is 0 Å². The van der Waals surface area contributed by atoms with E-state index in [1.165, 1.54) is 18.2 Å². The Hall–Kier alpha value is -0.940. The molecule has 1 saturated carbocycles. The molecule has 5 heteroatoms. The highest BCUT2D eigenvalue weighted by Crippen LogP contribution is 2.38. The molecule has 0 aromatic heterocycles. The molecule has 1 fully saturated rings. The van der Waals surface area contributed by atoms with Gasteiger partial charge < -0.3 is 10.1 Å². The van der Waals surface area contributed by atoms with Gasteiger partial charge in [0.25, 0.3) is 0 Å². The van der Waals surface area contributed by atoms with Gasteiger partial charge in [-0.05, 0) is 53.4 Å². The normalized spacial score (nSPS) is 17.1. The van der Waals surface area contributed by atoms with Gasteiger partial charge >= 0.3 is 0 Å². The molecule has 1 aromatic carbocycles. The van der Waals surface area contributed by atoms with E-state index in [4.69, 9.17) is 4.74 Å². The maximum atomic E-state index is 12.9. The molecule has 1 N–H and O–H groups in total. The van der Waals surface area contributed by atoms with E-state index in [-0.39, 0.29) is 17.3 Å². The number of halogens is 2. The van der Waals surface area contributed by atoms with E-state index in [9.17, 15) is 9.18 Å². The zero-order valence-corrected chi connectivity index (χ0v) is 11.7. The lowest BCUT2D eigenvalue weighted by Crippen LogP contribution is -2.42. The fourth-order valence-electron chi connectivity index (χ4n) is 2.10. The fraction of sp³-hybridized carbons (Fsp3) is 0.462. The van der Waals surface area contributed by atoms with Crippen LogP contribution in [0.5, 0.6) is 0 Å². The summed E-state index contributed by atoms with van der Waals surface area (Å²) in [6, 6.07) is 4.18. The third-order valence-electron chi connectivity index (χ3n) is 3.39. The smallest absolute Gasteiger partial charge is 0.227 e. The van der Waals surface area contributed by atoms with Crippen molar-refractivity contribution in [3.8, 4) is 0 Å². The molecule has 0 unspecified atom stereocenters. The van der Waals surface area contributed by atoms with Crippen LogP contribution < -0.4 is 5.32 Å². The molecular formula is C13H15BrFNO2. The molecule has 1 aromatic rings. The van der Waals surface area contributed by atoms with Crippen LogP contribution in [0.4, 0.5) is 10.1 Å². The molecule has 1 aliphatic rings.